The van der Waals surface area contributed by atoms with Gasteiger partial charge >= 0.3 is 0 Å². The summed E-state index contributed by atoms with van der Waals surface area (Å²) in [5.41, 5.74) is 7.42. The first-order valence-corrected chi connectivity index (χ1v) is 9.70. The summed E-state index contributed by atoms with van der Waals surface area (Å²) in [7, 11) is 0. The molecule has 5 atom stereocenters. The second-order valence-electron chi connectivity index (χ2n) is 7.13. The Balaban J connectivity index is 2.08. The number of nitrogens with two attached hydrogens (primary N) is 2. The van der Waals surface area contributed by atoms with Crippen LogP contribution in [0.25, 0.3) is 5.70 Å². The lowest BCUT2D eigenvalue weighted by molar-refractivity contribution is -0.216. The first kappa shape index (κ1) is 22.0. The molecule has 0 aliphatic carbocycles. The van der Waals surface area contributed by atoms with E-state index < -0.39 is 36.9 Å². The molecule has 1 fully saturated rings. The molecule has 2 heterocycles. The third-order valence-corrected chi connectivity index (χ3v) is 6.19. The van der Waals surface area contributed by atoms with Crippen LogP contribution in [-0.4, -0.2) is 74.6 Å². The number of aryl methyl sites for hydroxylation is 1. The number of ether oxygens (including phenoxy) is 1. The number of thiazole rings is 1. The zero-order valence-corrected chi connectivity index (χ0v) is 16.6. The minimum Gasteiger partial charge on any atom is -0.396 e. The molecule has 0 radical (unpaired) electrons. The summed E-state index contributed by atoms with van der Waals surface area (Å²) in [6, 6.07) is 0. The van der Waals surface area contributed by atoms with Crippen LogP contribution in [0.2, 0.25) is 0 Å². The Hall–Kier alpha value is -1.27. The van der Waals surface area contributed by atoms with Crippen molar-refractivity contribution in [2.45, 2.75) is 51.1 Å². The third kappa shape index (κ3) is 4.96. The van der Waals surface area contributed by atoms with Crippen LogP contribution in [0.15, 0.2) is 6.20 Å². The van der Waals surface area contributed by atoms with Crippen LogP contribution in [0.4, 0.5) is 0 Å². The van der Waals surface area contributed by atoms with Crippen molar-refractivity contribution in [2.75, 3.05) is 19.8 Å². The number of rotatable bonds is 7. The molecule has 10 heteroatoms. The summed E-state index contributed by atoms with van der Waals surface area (Å²) in [4.78, 5) is 5.62. The van der Waals surface area contributed by atoms with Crippen LogP contribution in [0, 0.1) is 12.8 Å². The molecule has 27 heavy (non-hydrogen) atoms. The molecular formula is C17H30N4O5S. The van der Waals surface area contributed by atoms with Crippen molar-refractivity contribution in [1.29, 1.82) is 0 Å². The van der Waals surface area contributed by atoms with Gasteiger partial charge in [0, 0.05) is 17.0 Å². The van der Waals surface area contributed by atoms with Gasteiger partial charge in [-0.05, 0) is 12.8 Å². The molecule has 1 saturated heterocycles. The van der Waals surface area contributed by atoms with Gasteiger partial charge in [0.1, 0.15) is 17.2 Å². The molecular weight excluding hydrogens is 372 g/mol. The van der Waals surface area contributed by atoms with Gasteiger partial charge in [-0.1, -0.05) is 13.8 Å². The minimum atomic E-state index is -1.25. The molecule has 9 nitrogen and oxygen atoms in total. The Morgan fingerprint density at radius 2 is 1.93 bits per heavy atom. The predicted molar refractivity (Wildman–Crippen MR) is 102 cm³/mol. The van der Waals surface area contributed by atoms with Crippen LogP contribution in [0.3, 0.4) is 0 Å². The summed E-state index contributed by atoms with van der Waals surface area (Å²) in [6.45, 7) is 5.35. The van der Waals surface area contributed by atoms with E-state index >= 15 is 0 Å². The Labute approximate surface area is 162 Å². The number of aliphatic hydroxyl groups excluding tert-OH is 4. The van der Waals surface area contributed by atoms with Crippen molar-refractivity contribution in [2.24, 2.45) is 17.5 Å². The number of nitrogens with zero attached hydrogens (tertiary/aromatic N) is 2. The van der Waals surface area contributed by atoms with Crippen molar-refractivity contribution >= 4 is 17.0 Å². The molecule has 1 aliphatic heterocycles. The molecule has 1 aromatic rings. The Morgan fingerprint density at radius 1 is 1.26 bits per heavy atom. The summed E-state index contributed by atoms with van der Waals surface area (Å²) in [6.07, 6.45) is -2.62. The monoisotopic (exact) mass is 402 g/mol. The standard InChI is InChI=1S/C17H30N4O5S/c1-8(2)16-9(3)20-17(27-16)11(18)4-21(19)5-12-15(25)14(24)10(6-22)13(7-23)26-12/h4,8,10,12-15,22-25H,5-7,18-19H2,1-3H3/b11-4-. The minimum absolute atomic E-state index is 0.0367. The fraction of sp³-hybridized carbons (Fsp3) is 0.706. The molecule has 5 unspecified atom stereocenters. The lowest BCUT2D eigenvalue weighted by atomic mass is 9.87. The fourth-order valence-electron chi connectivity index (χ4n) is 3.22. The van der Waals surface area contributed by atoms with Gasteiger partial charge in [-0.15, -0.1) is 11.3 Å². The first-order valence-electron chi connectivity index (χ1n) is 8.89. The van der Waals surface area contributed by atoms with E-state index in [9.17, 15) is 20.4 Å². The molecule has 0 aromatic carbocycles. The maximum absolute atomic E-state index is 10.2. The lowest BCUT2D eigenvalue weighted by Gasteiger charge is -2.42. The van der Waals surface area contributed by atoms with E-state index in [1.807, 2.05) is 6.92 Å². The van der Waals surface area contributed by atoms with Gasteiger partial charge in [-0.3, -0.25) is 0 Å². The van der Waals surface area contributed by atoms with Crippen molar-refractivity contribution in [3.05, 3.63) is 21.8 Å². The molecule has 0 bridgehead atoms. The molecule has 1 aromatic heterocycles. The summed E-state index contributed by atoms with van der Waals surface area (Å²) in [5, 5.41) is 41.0. The predicted octanol–water partition coefficient (Wildman–Crippen LogP) is -0.902. The highest BCUT2D eigenvalue weighted by Gasteiger charge is 2.44. The number of hydrazine groups is 1. The topological polar surface area (TPSA) is 158 Å². The average Bonchev–Trinajstić information content (AvgIpc) is 3.01. The number of aliphatic hydroxyl groups is 4. The van der Waals surface area contributed by atoms with Crippen molar-refractivity contribution in [1.82, 2.24) is 9.99 Å². The maximum Gasteiger partial charge on any atom is 0.141 e. The molecule has 2 rings (SSSR count). The van der Waals surface area contributed by atoms with Gasteiger partial charge in [0.15, 0.2) is 0 Å². The highest BCUT2D eigenvalue weighted by molar-refractivity contribution is 7.12. The van der Waals surface area contributed by atoms with E-state index in [2.05, 4.69) is 18.8 Å². The molecule has 8 N–H and O–H groups in total. The SMILES string of the molecule is Cc1nc(/C(N)=C/N(N)CC2OC(CO)C(CO)C(O)C2O)sc1C(C)C. The van der Waals surface area contributed by atoms with Crippen LogP contribution >= 0.6 is 11.3 Å². The van der Waals surface area contributed by atoms with Crippen LogP contribution in [0.5, 0.6) is 0 Å². The highest BCUT2D eigenvalue weighted by Crippen LogP contribution is 2.29. The maximum atomic E-state index is 10.2. The van der Waals surface area contributed by atoms with E-state index in [1.165, 1.54) is 22.5 Å². The molecule has 0 amide bonds. The summed E-state index contributed by atoms with van der Waals surface area (Å²) < 4.78 is 5.61. The van der Waals surface area contributed by atoms with Gasteiger partial charge in [0.25, 0.3) is 0 Å². The molecule has 154 valence electrons. The summed E-state index contributed by atoms with van der Waals surface area (Å²) in [5.74, 6) is 5.56. The van der Waals surface area contributed by atoms with Crippen molar-refractivity contribution in [3.8, 4) is 0 Å². The Bertz CT molecular complexity index is 651. The number of aromatic nitrogens is 1. The smallest absolute Gasteiger partial charge is 0.141 e. The Morgan fingerprint density at radius 3 is 2.44 bits per heavy atom. The van der Waals surface area contributed by atoms with Crippen molar-refractivity contribution in [3.63, 3.8) is 0 Å². The number of hydrogen-bond acceptors (Lipinski definition) is 10. The molecule has 0 spiro atoms. The Kier molecular flexibility index (Phi) is 7.57. The van der Waals surface area contributed by atoms with Crippen LogP contribution in [-0.2, 0) is 4.74 Å². The third-order valence-electron chi connectivity index (χ3n) is 4.69. The summed E-state index contributed by atoms with van der Waals surface area (Å²) >= 11 is 1.50. The largest absolute Gasteiger partial charge is 0.396 e. The van der Waals surface area contributed by atoms with E-state index in [1.54, 1.807) is 0 Å². The van der Waals surface area contributed by atoms with Gasteiger partial charge < -0.3 is 35.9 Å². The highest BCUT2D eigenvalue weighted by atomic mass is 32.1. The lowest BCUT2D eigenvalue weighted by Crippen LogP contribution is -2.59. The van der Waals surface area contributed by atoms with Gasteiger partial charge in [-0.25, -0.2) is 10.8 Å². The van der Waals surface area contributed by atoms with Gasteiger partial charge in [-0.2, -0.15) is 0 Å². The average molecular weight is 403 g/mol. The zero-order valence-electron chi connectivity index (χ0n) is 15.8. The van der Waals surface area contributed by atoms with Crippen molar-refractivity contribution < 1.29 is 25.2 Å². The second-order valence-corrected chi connectivity index (χ2v) is 8.16. The van der Waals surface area contributed by atoms with E-state index in [0.717, 1.165) is 10.6 Å². The van der Waals surface area contributed by atoms with E-state index in [-0.39, 0.29) is 13.2 Å². The van der Waals surface area contributed by atoms with Gasteiger partial charge in [0.2, 0.25) is 0 Å². The normalized spacial score (nSPS) is 29.4. The van der Waals surface area contributed by atoms with Crippen LogP contribution < -0.4 is 11.6 Å². The van der Waals surface area contributed by atoms with Crippen LogP contribution in [0.1, 0.15) is 35.3 Å². The zero-order chi connectivity index (χ0) is 20.3. The second kappa shape index (κ2) is 9.28. The van der Waals surface area contributed by atoms with E-state index in [4.69, 9.17) is 16.3 Å². The quantitative estimate of drug-likeness (QED) is 0.251. The molecule has 0 saturated carbocycles. The number of hydrogen-bond donors (Lipinski definition) is 6. The molecule has 1 aliphatic rings. The van der Waals surface area contributed by atoms with Gasteiger partial charge in [0.05, 0.1) is 43.4 Å². The first-order chi connectivity index (χ1) is 12.7. The fourth-order valence-corrected chi connectivity index (χ4v) is 4.21. The van der Waals surface area contributed by atoms with E-state index in [0.29, 0.717) is 16.6 Å².